The van der Waals surface area contributed by atoms with E-state index in [1.807, 2.05) is 12.1 Å². The highest BCUT2D eigenvalue weighted by Gasteiger charge is 2.13. The number of hydrogen-bond donors (Lipinski definition) is 2. The number of fused-ring (bicyclic) bond motifs is 1. The Bertz CT molecular complexity index is 655. The summed E-state index contributed by atoms with van der Waals surface area (Å²) in [5.41, 5.74) is 3.01. The molecule has 0 saturated heterocycles. The van der Waals surface area contributed by atoms with Crippen molar-refractivity contribution in [3.8, 4) is 5.75 Å². The van der Waals surface area contributed by atoms with E-state index in [9.17, 15) is 4.79 Å². The summed E-state index contributed by atoms with van der Waals surface area (Å²) in [6.45, 7) is 1.26. The molecule has 20 heavy (non-hydrogen) atoms. The molecule has 102 valence electrons. The monoisotopic (exact) mass is 270 g/mol. The maximum absolute atomic E-state index is 11.1. The molecule has 0 aliphatic carbocycles. The molecule has 2 heterocycles. The molecule has 0 spiro atoms. The predicted molar refractivity (Wildman–Crippen MR) is 74.2 cm³/mol. The highest BCUT2D eigenvalue weighted by Crippen LogP contribution is 2.26. The molecule has 5 heteroatoms. The van der Waals surface area contributed by atoms with Crippen molar-refractivity contribution in [2.75, 3.05) is 11.9 Å². The number of pyridine rings is 1. The average Bonchev–Trinajstić information content (AvgIpc) is 2.92. The summed E-state index contributed by atoms with van der Waals surface area (Å²) < 4.78 is 5.52. The van der Waals surface area contributed by atoms with E-state index >= 15 is 0 Å². The Morgan fingerprint density at radius 1 is 1.40 bits per heavy atom. The van der Waals surface area contributed by atoms with Crippen molar-refractivity contribution in [3.63, 3.8) is 0 Å². The molecule has 0 unspecified atom stereocenters. The van der Waals surface area contributed by atoms with Crippen LogP contribution in [0.25, 0.3) is 0 Å². The third kappa shape index (κ3) is 2.42. The lowest BCUT2D eigenvalue weighted by Gasteiger charge is -2.09. The Labute approximate surface area is 116 Å². The standard InChI is InChI=1S/C15H14N2O3/c18-15(19)12-3-5-16-9-13(12)17-8-10-1-2-11-4-6-20-14(11)7-10/h1-3,5,7,9,17H,4,6,8H2,(H,18,19). The van der Waals surface area contributed by atoms with Gasteiger partial charge in [-0.1, -0.05) is 12.1 Å². The number of hydrogen-bond acceptors (Lipinski definition) is 4. The van der Waals surface area contributed by atoms with Crippen LogP contribution >= 0.6 is 0 Å². The van der Waals surface area contributed by atoms with Crippen molar-refractivity contribution >= 4 is 11.7 Å². The Hall–Kier alpha value is -2.56. The summed E-state index contributed by atoms with van der Waals surface area (Å²) in [7, 11) is 0. The zero-order valence-corrected chi connectivity index (χ0v) is 10.8. The SMILES string of the molecule is O=C(O)c1ccncc1NCc1ccc2c(c1)OCC2. The highest BCUT2D eigenvalue weighted by molar-refractivity contribution is 5.93. The summed E-state index contributed by atoms with van der Waals surface area (Å²) in [4.78, 5) is 15.0. The van der Waals surface area contributed by atoms with Crippen LogP contribution in [0.3, 0.4) is 0 Å². The average molecular weight is 270 g/mol. The first-order valence-electron chi connectivity index (χ1n) is 6.40. The van der Waals surface area contributed by atoms with Gasteiger partial charge >= 0.3 is 5.97 Å². The van der Waals surface area contributed by atoms with Gasteiger partial charge in [-0.2, -0.15) is 0 Å². The van der Waals surface area contributed by atoms with E-state index in [2.05, 4.69) is 16.4 Å². The van der Waals surface area contributed by atoms with Crippen LogP contribution in [0.2, 0.25) is 0 Å². The molecular formula is C15H14N2O3. The number of anilines is 1. The molecule has 0 saturated carbocycles. The lowest BCUT2D eigenvalue weighted by atomic mass is 10.1. The summed E-state index contributed by atoms with van der Waals surface area (Å²) in [6, 6.07) is 7.56. The van der Waals surface area contributed by atoms with Crippen LogP contribution in [0.1, 0.15) is 21.5 Å². The molecule has 1 aliphatic heterocycles. The molecule has 0 fully saturated rings. The molecule has 0 amide bonds. The van der Waals surface area contributed by atoms with Crippen LogP contribution in [-0.2, 0) is 13.0 Å². The van der Waals surface area contributed by atoms with Gasteiger partial charge in [-0.05, 0) is 23.3 Å². The van der Waals surface area contributed by atoms with E-state index in [0.717, 1.165) is 24.3 Å². The van der Waals surface area contributed by atoms with Gasteiger partial charge in [0.15, 0.2) is 0 Å². The maximum Gasteiger partial charge on any atom is 0.337 e. The fourth-order valence-electron chi connectivity index (χ4n) is 2.24. The third-order valence-corrected chi connectivity index (χ3v) is 3.29. The van der Waals surface area contributed by atoms with Gasteiger partial charge in [0.2, 0.25) is 0 Å². The minimum Gasteiger partial charge on any atom is -0.493 e. The second kappa shape index (κ2) is 5.21. The van der Waals surface area contributed by atoms with E-state index in [4.69, 9.17) is 9.84 Å². The summed E-state index contributed by atoms with van der Waals surface area (Å²) in [5, 5.41) is 12.2. The van der Waals surface area contributed by atoms with Gasteiger partial charge < -0.3 is 15.2 Å². The van der Waals surface area contributed by atoms with Gasteiger partial charge in [-0.15, -0.1) is 0 Å². The number of nitrogens with one attached hydrogen (secondary N) is 1. The second-order valence-electron chi connectivity index (χ2n) is 4.62. The Morgan fingerprint density at radius 2 is 2.30 bits per heavy atom. The van der Waals surface area contributed by atoms with Crippen LogP contribution in [-0.4, -0.2) is 22.7 Å². The van der Waals surface area contributed by atoms with E-state index < -0.39 is 5.97 Å². The number of nitrogens with zero attached hydrogens (tertiary/aromatic N) is 1. The minimum atomic E-state index is -0.966. The molecule has 2 aromatic rings. The number of ether oxygens (including phenoxy) is 1. The van der Waals surface area contributed by atoms with Crippen molar-refractivity contribution in [2.45, 2.75) is 13.0 Å². The summed E-state index contributed by atoms with van der Waals surface area (Å²) >= 11 is 0. The smallest absolute Gasteiger partial charge is 0.337 e. The molecular weight excluding hydrogens is 256 g/mol. The van der Waals surface area contributed by atoms with Crippen molar-refractivity contribution in [1.82, 2.24) is 4.98 Å². The van der Waals surface area contributed by atoms with E-state index in [0.29, 0.717) is 12.2 Å². The Kier molecular flexibility index (Phi) is 3.25. The summed E-state index contributed by atoms with van der Waals surface area (Å²) in [5.74, 6) is -0.0406. The van der Waals surface area contributed by atoms with Crippen molar-refractivity contribution in [2.24, 2.45) is 0 Å². The number of aromatic nitrogens is 1. The van der Waals surface area contributed by atoms with Crippen molar-refractivity contribution in [1.29, 1.82) is 0 Å². The molecule has 2 N–H and O–H groups in total. The molecule has 5 nitrogen and oxygen atoms in total. The predicted octanol–water partition coefficient (Wildman–Crippen LogP) is 2.33. The van der Waals surface area contributed by atoms with Gasteiger partial charge in [0, 0.05) is 19.2 Å². The van der Waals surface area contributed by atoms with Crippen LogP contribution in [0.15, 0.2) is 36.7 Å². The molecule has 1 aromatic heterocycles. The molecule has 3 rings (SSSR count). The fourth-order valence-corrected chi connectivity index (χ4v) is 2.24. The molecule has 1 aliphatic rings. The van der Waals surface area contributed by atoms with Gasteiger partial charge in [0.05, 0.1) is 24.1 Å². The summed E-state index contributed by atoms with van der Waals surface area (Å²) in [6.07, 6.45) is 3.94. The van der Waals surface area contributed by atoms with Crippen LogP contribution in [0.4, 0.5) is 5.69 Å². The minimum absolute atomic E-state index is 0.220. The maximum atomic E-state index is 11.1. The Morgan fingerprint density at radius 3 is 3.15 bits per heavy atom. The lowest BCUT2D eigenvalue weighted by molar-refractivity contribution is 0.0698. The van der Waals surface area contributed by atoms with Crippen molar-refractivity contribution in [3.05, 3.63) is 53.3 Å². The van der Waals surface area contributed by atoms with Crippen LogP contribution in [0.5, 0.6) is 5.75 Å². The topological polar surface area (TPSA) is 71.5 Å². The molecule has 1 aromatic carbocycles. The second-order valence-corrected chi connectivity index (χ2v) is 4.62. The number of carbonyl (C=O) groups is 1. The fraction of sp³-hybridized carbons (Fsp3) is 0.200. The van der Waals surface area contributed by atoms with Crippen LogP contribution < -0.4 is 10.1 Å². The highest BCUT2D eigenvalue weighted by atomic mass is 16.5. The zero-order valence-electron chi connectivity index (χ0n) is 10.8. The largest absolute Gasteiger partial charge is 0.493 e. The molecule has 0 atom stereocenters. The van der Waals surface area contributed by atoms with E-state index in [1.54, 1.807) is 0 Å². The Balaban J connectivity index is 1.75. The number of carboxylic acid groups (broad SMARTS) is 1. The first kappa shape index (κ1) is 12.5. The molecule has 0 radical (unpaired) electrons. The van der Waals surface area contributed by atoms with Gasteiger partial charge in [-0.3, -0.25) is 4.98 Å². The first-order valence-corrected chi connectivity index (χ1v) is 6.40. The normalized spacial score (nSPS) is 12.6. The first-order chi connectivity index (χ1) is 9.74. The van der Waals surface area contributed by atoms with Crippen LogP contribution in [0, 0.1) is 0 Å². The number of carboxylic acids is 1. The quantitative estimate of drug-likeness (QED) is 0.892. The third-order valence-electron chi connectivity index (χ3n) is 3.29. The van der Waals surface area contributed by atoms with Crippen molar-refractivity contribution < 1.29 is 14.6 Å². The number of rotatable bonds is 4. The van der Waals surface area contributed by atoms with E-state index in [-0.39, 0.29) is 5.56 Å². The number of aromatic carboxylic acids is 1. The lowest BCUT2D eigenvalue weighted by Crippen LogP contribution is -2.06. The molecule has 0 bridgehead atoms. The van der Waals surface area contributed by atoms with Gasteiger partial charge in [0.25, 0.3) is 0 Å². The number of benzene rings is 1. The van der Waals surface area contributed by atoms with Gasteiger partial charge in [-0.25, -0.2) is 4.79 Å². The van der Waals surface area contributed by atoms with E-state index in [1.165, 1.54) is 24.0 Å². The zero-order chi connectivity index (χ0) is 13.9. The van der Waals surface area contributed by atoms with Gasteiger partial charge in [0.1, 0.15) is 5.75 Å².